The molecule has 0 aliphatic heterocycles. The van der Waals surface area contributed by atoms with E-state index in [1.165, 1.54) is 37.7 Å². The van der Waals surface area contributed by atoms with Gasteiger partial charge in [0, 0.05) is 15.5 Å². The number of halogens is 2. The first-order valence-electron chi connectivity index (χ1n) is 7.29. The average molecular weight is 343 g/mol. The van der Waals surface area contributed by atoms with Gasteiger partial charge in [-0.2, -0.15) is 0 Å². The molecule has 3 rings (SSSR count). The predicted molar refractivity (Wildman–Crippen MR) is 84.5 cm³/mol. The van der Waals surface area contributed by atoms with E-state index in [1.807, 2.05) is 6.07 Å². The Balaban J connectivity index is 1.73. The van der Waals surface area contributed by atoms with Crippen molar-refractivity contribution in [2.75, 3.05) is 7.05 Å². The van der Waals surface area contributed by atoms with Gasteiger partial charge in [0.1, 0.15) is 0 Å². The molecule has 1 N–H and O–H groups in total. The lowest BCUT2D eigenvalue weighted by atomic mass is 9.83. The Morgan fingerprint density at radius 2 is 2.16 bits per heavy atom. The number of benzene rings is 1. The summed E-state index contributed by atoms with van der Waals surface area (Å²) < 4.78 is 1.07. The number of hydrogen-bond acceptors (Lipinski definition) is 1. The summed E-state index contributed by atoms with van der Waals surface area (Å²) in [4.78, 5) is 0. The maximum atomic E-state index is 6.17. The minimum absolute atomic E-state index is 0.430. The molecule has 2 aliphatic rings. The zero-order valence-electron chi connectivity index (χ0n) is 11.3. The van der Waals surface area contributed by atoms with Crippen LogP contribution in [0.3, 0.4) is 0 Å². The van der Waals surface area contributed by atoms with Crippen molar-refractivity contribution in [1.29, 1.82) is 0 Å². The summed E-state index contributed by atoms with van der Waals surface area (Å²) in [6.07, 6.45) is 7.13. The third-order valence-corrected chi connectivity index (χ3v) is 5.73. The Bertz CT molecular complexity index is 442. The predicted octanol–water partition coefficient (Wildman–Crippen LogP) is 5.19. The highest BCUT2D eigenvalue weighted by atomic mass is 79.9. The fourth-order valence-corrected chi connectivity index (χ4v) is 5.05. The molecule has 4 unspecified atom stereocenters. The molecule has 104 valence electrons. The Morgan fingerprint density at radius 1 is 1.32 bits per heavy atom. The Morgan fingerprint density at radius 3 is 2.74 bits per heavy atom. The fraction of sp³-hybridized carbons (Fsp3) is 0.625. The first kappa shape index (κ1) is 13.9. The molecule has 1 nitrogen and oxygen atoms in total. The van der Waals surface area contributed by atoms with Crippen LogP contribution in [0.4, 0.5) is 0 Å². The first-order chi connectivity index (χ1) is 9.15. The summed E-state index contributed by atoms with van der Waals surface area (Å²) in [5.74, 6) is 2.93. The van der Waals surface area contributed by atoms with E-state index in [-0.39, 0.29) is 0 Å². The highest BCUT2D eigenvalue weighted by molar-refractivity contribution is 9.10. The van der Waals surface area contributed by atoms with Crippen LogP contribution in [0.1, 0.15) is 43.7 Å². The van der Waals surface area contributed by atoms with Crippen LogP contribution in [0.15, 0.2) is 22.7 Å². The lowest BCUT2D eigenvalue weighted by Crippen LogP contribution is -2.22. The monoisotopic (exact) mass is 341 g/mol. The van der Waals surface area contributed by atoms with E-state index < -0.39 is 0 Å². The van der Waals surface area contributed by atoms with E-state index in [9.17, 15) is 0 Å². The molecule has 2 aliphatic carbocycles. The Hall–Kier alpha value is -0.0500. The van der Waals surface area contributed by atoms with Crippen LogP contribution in [0, 0.1) is 17.8 Å². The second kappa shape index (κ2) is 5.75. The number of nitrogens with one attached hydrogen (secondary N) is 1. The van der Waals surface area contributed by atoms with E-state index in [4.69, 9.17) is 11.6 Å². The zero-order valence-corrected chi connectivity index (χ0v) is 13.7. The van der Waals surface area contributed by atoms with Crippen LogP contribution >= 0.6 is 27.5 Å². The van der Waals surface area contributed by atoms with Crippen molar-refractivity contribution >= 4 is 27.5 Å². The van der Waals surface area contributed by atoms with Gasteiger partial charge in [0.25, 0.3) is 0 Å². The molecule has 0 aromatic heterocycles. The van der Waals surface area contributed by atoms with Crippen molar-refractivity contribution in [3.8, 4) is 0 Å². The van der Waals surface area contributed by atoms with Crippen LogP contribution in [0.2, 0.25) is 5.02 Å². The van der Waals surface area contributed by atoms with Crippen molar-refractivity contribution in [3.05, 3.63) is 33.3 Å². The van der Waals surface area contributed by atoms with E-state index in [0.717, 1.165) is 27.2 Å². The maximum Gasteiger partial charge on any atom is 0.0420 e. The summed E-state index contributed by atoms with van der Waals surface area (Å²) in [6.45, 7) is 0. The second-order valence-corrected chi connectivity index (χ2v) is 7.57. The molecule has 0 amide bonds. The van der Waals surface area contributed by atoms with E-state index in [0.29, 0.717) is 6.04 Å². The lowest BCUT2D eigenvalue weighted by molar-refractivity contribution is 0.284. The topological polar surface area (TPSA) is 12.0 Å². The first-order valence-corrected chi connectivity index (χ1v) is 8.46. The molecule has 0 heterocycles. The molecule has 2 fully saturated rings. The smallest absolute Gasteiger partial charge is 0.0420 e. The molecule has 1 aromatic carbocycles. The van der Waals surface area contributed by atoms with Gasteiger partial charge in [-0.3, -0.25) is 0 Å². The molecular formula is C16H21BrClN. The van der Waals surface area contributed by atoms with Crippen molar-refractivity contribution in [3.63, 3.8) is 0 Å². The van der Waals surface area contributed by atoms with Gasteiger partial charge in [-0.25, -0.2) is 0 Å². The summed E-state index contributed by atoms with van der Waals surface area (Å²) in [5, 5.41) is 4.30. The molecule has 0 radical (unpaired) electrons. The van der Waals surface area contributed by atoms with Gasteiger partial charge < -0.3 is 5.32 Å². The van der Waals surface area contributed by atoms with Crippen LogP contribution in [0.5, 0.6) is 0 Å². The van der Waals surface area contributed by atoms with Gasteiger partial charge in [-0.05, 0) is 74.2 Å². The van der Waals surface area contributed by atoms with Crippen LogP contribution in [-0.4, -0.2) is 7.05 Å². The lowest BCUT2D eigenvalue weighted by Gasteiger charge is -2.27. The molecular weight excluding hydrogens is 322 g/mol. The summed E-state index contributed by atoms with van der Waals surface area (Å²) in [7, 11) is 2.06. The number of rotatable bonds is 4. The molecule has 2 bridgehead atoms. The van der Waals surface area contributed by atoms with Gasteiger partial charge in [-0.1, -0.05) is 34.0 Å². The molecule has 1 aromatic rings. The Labute approximate surface area is 129 Å². The van der Waals surface area contributed by atoms with Crippen molar-refractivity contribution in [2.45, 2.75) is 38.1 Å². The highest BCUT2D eigenvalue weighted by Crippen LogP contribution is 2.51. The summed E-state index contributed by atoms with van der Waals surface area (Å²) >= 11 is 9.72. The summed E-state index contributed by atoms with van der Waals surface area (Å²) in [6, 6.07) is 6.68. The van der Waals surface area contributed by atoms with Gasteiger partial charge in [0.15, 0.2) is 0 Å². The molecule has 2 saturated carbocycles. The fourth-order valence-electron chi connectivity index (χ4n) is 4.16. The quantitative estimate of drug-likeness (QED) is 0.794. The standard InChI is InChI=1S/C16H21BrClN/c1-19-16(13-6-14(17)9-15(18)7-13)8-12-5-10-2-3-11(12)4-10/h6-7,9-12,16,19H,2-5,8H2,1H3. The Kier molecular flexibility index (Phi) is 4.21. The number of hydrogen-bond donors (Lipinski definition) is 1. The van der Waals surface area contributed by atoms with Gasteiger partial charge in [-0.15, -0.1) is 0 Å². The van der Waals surface area contributed by atoms with Crippen molar-refractivity contribution in [2.24, 2.45) is 17.8 Å². The second-order valence-electron chi connectivity index (χ2n) is 6.21. The third kappa shape index (κ3) is 3.01. The maximum absolute atomic E-state index is 6.17. The van der Waals surface area contributed by atoms with Gasteiger partial charge in [0.2, 0.25) is 0 Å². The molecule has 4 atom stereocenters. The van der Waals surface area contributed by atoms with Crippen LogP contribution < -0.4 is 5.32 Å². The molecule has 0 saturated heterocycles. The third-order valence-electron chi connectivity index (χ3n) is 5.06. The van der Waals surface area contributed by atoms with E-state index in [2.05, 4.69) is 40.4 Å². The van der Waals surface area contributed by atoms with E-state index in [1.54, 1.807) is 0 Å². The van der Waals surface area contributed by atoms with Crippen LogP contribution in [0.25, 0.3) is 0 Å². The van der Waals surface area contributed by atoms with Gasteiger partial charge in [0.05, 0.1) is 0 Å². The van der Waals surface area contributed by atoms with Crippen LogP contribution in [-0.2, 0) is 0 Å². The molecule has 0 spiro atoms. The SMILES string of the molecule is CNC(CC1CC2CCC1C2)c1cc(Cl)cc(Br)c1. The normalized spacial score (nSPS) is 30.8. The number of fused-ring (bicyclic) bond motifs is 2. The highest BCUT2D eigenvalue weighted by Gasteiger charge is 2.40. The molecule has 19 heavy (non-hydrogen) atoms. The zero-order chi connectivity index (χ0) is 13.4. The molecule has 3 heteroatoms. The van der Waals surface area contributed by atoms with Crippen molar-refractivity contribution < 1.29 is 0 Å². The summed E-state index contributed by atoms with van der Waals surface area (Å²) in [5.41, 5.74) is 1.31. The average Bonchev–Trinajstić information content (AvgIpc) is 2.96. The van der Waals surface area contributed by atoms with Crippen molar-refractivity contribution in [1.82, 2.24) is 5.32 Å². The minimum Gasteiger partial charge on any atom is -0.313 e. The van der Waals surface area contributed by atoms with E-state index >= 15 is 0 Å². The minimum atomic E-state index is 0.430. The van der Waals surface area contributed by atoms with Gasteiger partial charge >= 0.3 is 0 Å². The largest absolute Gasteiger partial charge is 0.313 e.